The summed E-state index contributed by atoms with van der Waals surface area (Å²) in [5, 5.41) is 9.72. The van der Waals surface area contributed by atoms with Crippen LogP contribution in [0.4, 0.5) is 21.9 Å². The van der Waals surface area contributed by atoms with E-state index in [9.17, 15) is 14.4 Å². The number of rotatable bonds is 6. The molecular formula is C29H26N6O3S. The maximum Gasteiger partial charge on any atom is 0.331 e. The van der Waals surface area contributed by atoms with Crippen LogP contribution in [-0.4, -0.2) is 39.9 Å². The lowest BCUT2D eigenvalue weighted by molar-refractivity contribution is -0.117. The Morgan fingerprint density at radius 2 is 1.82 bits per heavy atom. The lowest BCUT2D eigenvalue weighted by Crippen LogP contribution is -2.45. The minimum Gasteiger partial charge on any atom is -0.350 e. The van der Waals surface area contributed by atoms with Crippen LogP contribution in [0.25, 0.3) is 21.5 Å². The topological polar surface area (TPSA) is 116 Å². The molecule has 1 saturated carbocycles. The zero-order chi connectivity index (χ0) is 26.9. The highest BCUT2D eigenvalue weighted by molar-refractivity contribution is 7.21. The molecule has 6 rings (SSSR count). The third-order valence-electron chi connectivity index (χ3n) is 7.06. The monoisotopic (exact) mass is 538 g/mol. The highest BCUT2D eigenvalue weighted by Crippen LogP contribution is 2.46. The fourth-order valence-electron chi connectivity index (χ4n) is 5.29. The minimum absolute atomic E-state index is 0.0158. The lowest BCUT2D eigenvalue weighted by atomic mass is 9.91. The number of amides is 4. The first-order valence-electron chi connectivity index (χ1n) is 12.8. The van der Waals surface area contributed by atoms with Crippen LogP contribution in [0.2, 0.25) is 0 Å². The maximum atomic E-state index is 13.5. The average molecular weight is 539 g/mol. The predicted octanol–water partition coefficient (Wildman–Crippen LogP) is 5.39. The number of carbonyl (C=O) groups excluding carboxylic acids is 3. The Morgan fingerprint density at radius 3 is 2.62 bits per heavy atom. The van der Waals surface area contributed by atoms with E-state index in [2.05, 4.69) is 32.5 Å². The van der Waals surface area contributed by atoms with E-state index in [0.717, 1.165) is 35.9 Å². The SMILES string of the molecule is C=CC(=O)N[C@@H]1CCC[C@H](NC(=O)c2sc3nccc4c3c2NC(=O)N4c2ccnc(-c3ccccc3)c2)C1. The van der Waals surface area contributed by atoms with Gasteiger partial charge in [0.15, 0.2) is 0 Å². The number of urea groups is 1. The molecule has 196 valence electrons. The molecule has 9 nitrogen and oxygen atoms in total. The average Bonchev–Trinajstić information content (AvgIpc) is 3.33. The smallest absolute Gasteiger partial charge is 0.331 e. The van der Waals surface area contributed by atoms with Crippen molar-refractivity contribution >= 4 is 56.5 Å². The zero-order valence-corrected chi connectivity index (χ0v) is 21.8. The van der Waals surface area contributed by atoms with Crippen LogP contribution < -0.4 is 20.9 Å². The number of aromatic nitrogens is 2. The molecule has 1 aliphatic carbocycles. The second kappa shape index (κ2) is 10.3. The molecule has 1 fully saturated rings. The maximum absolute atomic E-state index is 13.5. The van der Waals surface area contributed by atoms with Crippen LogP contribution in [-0.2, 0) is 4.79 Å². The summed E-state index contributed by atoms with van der Waals surface area (Å²) in [5.74, 6) is -0.472. The molecule has 0 saturated heterocycles. The van der Waals surface area contributed by atoms with Gasteiger partial charge in [-0.3, -0.25) is 19.5 Å². The van der Waals surface area contributed by atoms with Gasteiger partial charge in [0.2, 0.25) is 5.91 Å². The number of hydrogen-bond acceptors (Lipinski definition) is 6. The Kier molecular flexibility index (Phi) is 6.54. The third-order valence-corrected chi connectivity index (χ3v) is 8.16. The first-order chi connectivity index (χ1) is 19.0. The molecule has 3 aromatic heterocycles. The Balaban J connectivity index is 1.30. The van der Waals surface area contributed by atoms with Gasteiger partial charge in [-0.15, -0.1) is 11.3 Å². The van der Waals surface area contributed by atoms with Gasteiger partial charge in [-0.1, -0.05) is 36.9 Å². The van der Waals surface area contributed by atoms with E-state index in [4.69, 9.17) is 0 Å². The molecule has 4 aromatic rings. The number of carbonyl (C=O) groups is 3. The summed E-state index contributed by atoms with van der Waals surface area (Å²) < 4.78 is 0. The minimum atomic E-state index is -0.363. The van der Waals surface area contributed by atoms with Crippen molar-refractivity contribution in [2.24, 2.45) is 0 Å². The Hall–Kier alpha value is -4.57. The Labute approximate surface area is 229 Å². The quantitative estimate of drug-likeness (QED) is 0.285. The van der Waals surface area contributed by atoms with Crippen molar-refractivity contribution < 1.29 is 14.4 Å². The zero-order valence-electron chi connectivity index (χ0n) is 21.0. The highest BCUT2D eigenvalue weighted by Gasteiger charge is 2.34. The van der Waals surface area contributed by atoms with Crippen molar-refractivity contribution in [3.8, 4) is 11.3 Å². The van der Waals surface area contributed by atoms with Crippen LogP contribution in [0.15, 0.2) is 73.6 Å². The first-order valence-corrected chi connectivity index (χ1v) is 13.6. The number of nitrogens with one attached hydrogen (secondary N) is 3. The number of benzene rings is 1. The molecule has 2 aliphatic rings. The van der Waals surface area contributed by atoms with E-state index in [0.29, 0.717) is 33.2 Å². The molecule has 2 atom stereocenters. The van der Waals surface area contributed by atoms with Gasteiger partial charge in [-0.2, -0.15) is 0 Å². The summed E-state index contributed by atoms with van der Waals surface area (Å²) >= 11 is 1.25. The molecule has 1 aromatic carbocycles. The molecule has 0 radical (unpaired) electrons. The van der Waals surface area contributed by atoms with Crippen molar-refractivity contribution in [1.29, 1.82) is 0 Å². The summed E-state index contributed by atoms with van der Waals surface area (Å²) in [4.78, 5) is 50.3. The van der Waals surface area contributed by atoms with Crippen LogP contribution >= 0.6 is 11.3 Å². The van der Waals surface area contributed by atoms with Crippen molar-refractivity contribution in [3.63, 3.8) is 0 Å². The van der Waals surface area contributed by atoms with Crippen molar-refractivity contribution in [2.45, 2.75) is 37.8 Å². The lowest BCUT2D eigenvalue weighted by Gasteiger charge is -2.30. The van der Waals surface area contributed by atoms with E-state index in [-0.39, 0.29) is 29.9 Å². The first kappa shape index (κ1) is 24.7. The molecule has 10 heteroatoms. The van der Waals surface area contributed by atoms with Gasteiger partial charge in [-0.05, 0) is 50.0 Å². The molecule has 0 spiro atoms. The van der Waals surface area contributed by atoms with Crippen LogP contribution in [0, 0.1) is 0 Å². The second-order valence-electron chi connectivity index (χ2n) is 9.59. The fraction of sp³-hybridized carbons (Fsp3) is 0.207. The van der Waals surface area contributed by atoms with Gasteiger partial charge < -0.3 is 16.0 Å². The summed E-state index contributed by atoms with van der Waals surface area (Å²) in [6.07, 6.45) is 7.80. The summed E-state index contributed by atoms with van der Waals surface area (Å²) in [6.45, 7) is 3.51. The number of pyridine rings is 2. The summed E-state index contributed by atoms with van der Waals surface area (Å²) in [6, 6.07) is 14.7. The standard InChI is InChI=1S/C29H26N6O3S/c1-2-23(36)32-18-9-6-10-19(15-18)33-27(37)26-25-24-22(12-14-31-28(24)39-26)35(29(38)34-25)20-11-13-30-21(16-20)17-7-4-3-5-8-17/h2-5,7-8,11-14,16,18-19H,1,6,9-10,15H2,(H,32,36)(H,33,37)(H,34,38)/t18-,19+/m1/s1. The molecule has 1 aliphatic heterocycles. The highest BCUT2D eigenvalue weighted by atomic mass is 32.1. The summed E-state index contributed by atoms with van der Waals surface area (Å²) in [7, 11) is 0. The van der Waals surface area contributed by atoms with Gasteiger partial charge in [0.25, 0.3) is 5.91 Å². The van der Waals surface area contributed by atoms with E-state index in [1.54, 1.807) is 29.4 Å². The van der Waals surface area contributed by atoms with E-state index >= 15 is 0 Å². The van der Waals surface area contributed by atoms with Crippen LogP contribution in [0.3, 0.4) is 0 Å². The second-order valence-corrected chi connectivity index (χ2v) is 10.6. The van der Waals surface area contributed by atoms with Gasteiger partial charge in [0.05, 0.1) is 28.1 Å². The molecular weight excluding hydrogens is 512 g/mol. The van der Waals surface area contributed by atoms with Crippen molar-refractivity contribution in [3.05, 3.63) is 78.5 Å². The van der Waals surface area contributed by atoms with Gasteiger partial charge in [0.1, 0.15) is 9.71 Å². The van der Waals surface area contributed by atoms with Gasteiger partial charge in [0, 0.05) is 30.0 Å². The molecule has 4 heterocycles. The fourth-order valence-corrected chi connectivity index (χ4v) is 6.31. The van der Waals surface area contributed by atoms with E-state index < -0.39 is 0 Å². The van der Waals surface area contributed by atoms with E-state index in [1.807, 2.05) is 36.4 Å². The van der Waals surface area contributed by atoms with Crippen molar-refractivity contribution in [2.75, 3.05) is 10.2 Å². The third kappa shape index (κ3) is 4.74. The molecule has 0 unspecified atom stereocenters. The number of nitrogens with zero attached hydrogens (tertiary/aromatic N) is 3. The van der Waals surface area contributed by atoms with Gasteiger partial charge >= 0.3 is 6.03 Å². The number of hydrogen-bond donors (Lipinski definition) is 3. The van der Waals surface area contributed by atoms with Gasteiger partial charge in [-0.25, -0.2) is 9.78 Å². The normalized spacial score (nSPS) is 18.4. The van der Waals surface area contributed by atoms with Crippen LogP contribution in [0.5, 0.6) is 0 Å². The summed E-state index contributed by atoms with van der Waals surface area (Å²) in [5.41, 5.74) is 3.48. The molecule has 0 bridgehead atoms. The molecule has 3 N–H and O–H groups in total. The predicted molar refractivity (Wildman–Crippen MR) is 152 cm³/mol. The Morgan fingerprint density at radius 1 is 1.05 bits per heavy atom. The van der Waals surface area contributed by atoms with E-state index in [1.165, 1.54) is 17.4 Å². The Bertz CT molecular complexity index is 1600. The number of thiophene rings is 1. The van der Waals surface area contributed by atoms with Crippen LogP contribution in [0.1, 0.15) is 35.4 Å². The van der Waals surface area contributed by atoms with Crippen molar-refractivity contribution in [1.82, 2.24) is 20.6 Å². The number of anilines is 3. The largest absolute Gasteiger partial charge is 0.350 e. The molecule has 39 heavy (non-hydrogen) atoms. The molecule has 4 amide bonds.